The van der Waals surface area contributed by atoms with Crippen LogP contribution in [0.2, 0.25) is 0 Å². The van der Waals surface area contributed by atoms with Crippen LogP contribution in [0.25, 0.3) is 0 Å². The van der Waals surface area contributed by atoms with Crippen molar-refractivity contribution in [2.45, 2.75) is 19.8 Å². The average molecular weight is 264 g/mol. The third-order valence-corrected chi connectivity index (χ3v) is 2.62. The standard InChI is InChI=1S/C14H20N2O3/c1-3-15-14(18)10-16-13(17)9-6-11-4-7-12(19-2)8-5-11/h4-5,7-8H,3,6,9-10H2,1-2H3,(H,15,18)(H,16,17). The number of benzene rings is 1. The molecule has 0 spiro atoms. The number of amides is 2. The molecular weight excluding hydrogens is 244 g/mol. The van der Waals surface area contributed by atoms with Gasteiger partial charge in [0.2, 0.25) is 11.8 Å². The first-order valence-corrected chi connectivity index (χ1v) is 6.32. The maximum atomic E-state index is 11.5. The lowest BCUT2D eigenvalue weighted by atomic mass is 10.1. The summed E-state index contributed by atoms with van der Waals surface area (Å²) in [5.41, 5.74) is 1.06. The number of hydrogen-bond donors (Lipinski definition) is 2. The second-order valence-corrected chi connectivity index (χ2v) is 4.08. The highest BCUT2D eigenvalue weighted by molar-refractivity contribution is 5.84. The summed E-state index contributed by atoms with van der Waals surface area (Å²) in [5, 5.41) is 5.20. The Morgan fingerprint density at radius 2 is 1.79 bits per heavy atom. The molecule has 0 heterocycles. The van der Waals surface area contributed by atoms with E-state index in [-0.39, 0.29) is 18.4 Å². The maximum Gasteiger partial charge on any atom is 0.239 e. The molecule has 0 aliphatic rings. The zero-order valence-corrected chi connectivity index (χ0v) is 11.4. The van der Waals surface area contributed by atoms with Crippen LogP contribution in [0.1, 0.15) is 18.9 Å². The molecular formula is C14H20N2O3. The van der Waals surface area contributed by atoms with E-state index in [1.807, 2.05) is 31.2 Å². The first-order valence-electron chi connectivity index (χ1n) is 6.32. The summed E-state index contributed by atoms with van der Waals surface area (Å²) in [6.07, 6.45) is 1.01. The fourth-order valence-corrected chi connectivity index (χ4v) is 1.58. The number of carbonyl (C=O) groups excluding carboxylic acids is 2. The highest BCUT2D eigenvalue weighted by atomic mass is 16.5. The molecule has 0 radical (unpaired) electrons. The first-order chi connectivity index (χ1) is 9.15. The van der Waals surface area contributed by atoms with Crippen molar-refractivity contribution in [3.8, 4) is 5.75 Å². The van der Waals surface area contributed by atoms with Crippen molar-refractivity contribution in [3.05, 3.63) is 29.8 Å². The van der Waals surface area contributed by atoms with Gasteiger partial charge in [-0.15, -0.1) is 0 Å². The van der Waals surface area contributed by atoms with E-state index < -0.39 is 0 Å². The molecule has 0 unspecified atom stereocenters. The van der Waals surface area contributed by atoms with Crippen LogP contribution in [-0.4, -0.2) is 32.0 Å². The molecule has 19 heavy (non-hydrogen) atoms. The summed E-state index contributed by atoms with van der Waals surface area (Å²) < 4.78 is 5.06. The van der Waals surface area contributed by atoms with Crippen molar-refractivity contribution in [1.82, 2.24) is 10.6 Å². The minimum absolute atomic E-state index is 0.0370. The number of methoxy groups -OCH3 is 1. The Bertz CT molecular complexity index is 415. The van der Waals surface area contributed by atoms with E-state index in [0.29, 0.717) is 19.4 Å². The van der Waals surface area contributed by atoms with Crippen molar-refractivity contribution < 1.29 is 14.3 Å². The lowest BCUT2D eigenvalue weighted by Crippen LogP contribution is -2.36. The van der Waals surface area contributed by atoms with Crippen molar-refractivity contribution in [2.75, 3.05) is 20.2 Å². The molecule has 0 aliphatic carbocycles. The average Bonchev–Trinajstić information content (AvgIpc) is 2.44. The largest absolute Gasteiger partial charge is 0.497 e. The number of rotatable bonds is 7. The monoisotopic (exact) mass is 264 g/mol. The summed E-state index contributed by atoms with van der Waals surface area (Å²) in [7, 11) is 1.61. The molecule has 0 aliphatic heterocycles. The summed E-state index contributed by atoms with van der Waals surface area (Å²) >= 11 is 0. The Labute approximate surface area is 113 Å². The molecule has 0 atom stereocenters. The van der Waals surface area contributed by atoms with Crippen LogP contribution in [0, 0.1) is 0 Å². The van der Waals surface area contributed by atoms with E-state index in [9.17, 15) is 9.59 Å². The van der Waals surface area contributed by atoms with Gasteiger partial charge in [0.15, 0.2) is 0 Å². The zero-order chi connectivity index (χ0) is 14.1. The second kappa shape index (κ2) is 8.13. The summed E-state index contributed by atoms with van der Waals surface area (Å²) in [6, 6.07) is 7.58. The normalized spacial score (nSPS) is 9.79. The molecule has 0 fully saturated rings. The third kappa shape index (κ3) is 5.90. The highest BCUT2D eigenvalue weighted by Gasteiger charge is 2.05. The van der Waals surface area contributed by atoms with Gasteiger partial charge in [-0.3, -0.25) is 9.59 Å². The van der Waals surface area contributed by atoms with Crippen LogP contribution in [0.15, 0.2) is 24.3 Å². The SMILES string of the molecule is CCNC(=O)CNC(=O)CCc1ccc(OC)cc1. The summed E-state index contributed by atoms with van der Waals surface area (Å²) in [4.78, 5) is 22.7. The molecule has 0 bridgehead atoms. The number of hydrogen-bond acceptors (Lipinski definition) is 3. The summed E-state index contributed by atoms with van der Waals surface area (Å²) in [5.74, 6) is 0.506. The topological polar surface area (TPSA) is 67.4 Å². The second-order valence-electron chi connectivity index (χ2n) is 4.08. The van der Waals surface area contributed by atoms with Gasteiger partial charge < -0.3 is 15.4 Å². The minimum atomic E-state index is -0.166. The Balaban J connectivity index is 2.27. The van der Waals surface area contributed by atoms with E-state index in [0.717, 1.165) is 11.3 Å². The molecule has 5 heteroatoms. The molecule has 1 aromatic carbocycles. The molecule has 0 aromatic heterocycles. The molecule has 1 aromatic rings. The number of aryl methyl sites for hydroxylation is 1. The van der Waals surface area contributed by atoms with Gasteiger partial charge in [0.25, 0.3) is 0 Å². The number of ether oxygens (including phenoxy) is 1. The Morgan fingerprint density at radius 1 is 1.11 bits per heavy atom. The van der Waals surface area contributed by atoms with Gasteiger partial charge in [-0.1, -0.05) is 12.1 Å². The first kappa shape index (κ1) is 15.0. The fourth-order valence-electron chi connectivity index (χ4n) is 1.58. The molecule has 5 nitrogen and oxygen atoms in total. The van der Waals surface area contributed by atoms with Gasteiger partial charge in [-0.05, 0) is 31.0 Å². The van der Waals surface area contributed by atoms with Crippen LogP contribution in [-0.2, 0) is 16.0 Å². The van der Waals surface area contributed by atoms with Gasteiger partial charge in [-0.2, -0.15) is 0 Å². The molecule has 2 amide bonds. The maximum absolute atomic E-state index is 11.5. The van der Waals surface area contributed by atoms with Crippen molar-refractivity contribution in [2.24, 2.45) is 0 Å². The van der Waals surface area contributed by atoms with E-state index in [1.54, 1.807) is 7.11 Å². The summed E-state index contributed by atoms with van der Waals surface area (Å²) in [6.45, 7) is 2.44. The fraction of sp³-hybridized carbons (Fsp3) is 0.429. The van der Waals surface area contributed by atoms with E-state index in [2.05, 4.69) is 10.6 Å². The molecule has 0 saturated heterocycles. The van der Waals surface area contributed by atoms with E-state index in [4.69, 9.17) is 4.74 Å². The molecule has 0 saturated carbocycles. The lowest BCUT2D eigenvalue weighted by molar-refractivity contribution is -0.126. The zero-order valence-electron chi connectivity index (χ0n) is 11.4. The predicted molar refractivity (Wildman–Crippen MR) is 73.0 cm³/mol. The van der Waals surface area contributed by atoms with Gasteiger partial charge >= 0.3 is 0 Å². The number of nitrogens with one attached hydrogen (secondary N) is 2. The quantitative estimate of drug-likeness (QED) is 0.768. The molecule has 1 rings (SSSR count). The van der Waals surface area contributed by atoms with Crippen LogP contribution in [0.3, 0.4) is 0 Å². The lowest BCUT2D eigenvalue weighted by Gasteiger charge is -2.06. The van der Waals surface area contributed by atoms with Crippen molar-refractivity contribution >= 4 is 11.8 Å². The van der Waals surface area contributed by atoms with Crippen LogP contribution >= 0.6 is 0 Å². The Hall–Kier alpha value is -2.04. The smallest absolute Gasteiger partial charge is 0.239 e. The van der Waals surface area contributed by atoms with Crippen molar-refractivity contribution in [3.63, 3.8) is 0 Å². The van der Waals surface area contributed by atoms with Crippen LogP contribution in [0.4, 0.5) is 0 Å². The van der Waals surface area contributed by atoms with Gasteiger partial charge in [0.05, 0.1) is 13.7 Å². The Morgan fingerprint density at radius 3 is 2.37 bits per heavy atom. The van der Waals surface area contributed by atoms with Crippen LogP contribution in [0.5, 0.6) is 5.75 Å². The van der Waals surface area contributed by atoms with E-state index >= 15 is 0 Å². The highest BCUT2D eigenvalue weighted by Crippen LogP contribution is 2.12. The predicted octanol–water partition coefficient (Wildman–Crippen LogP) is 0.880. The van der Waals surface area contributed by atoms with Gasteiger partial charge in [0, 0.05) is 13.0 Å². The number of carbonyl (C=O) groups is 2. The van der Waals surface area contributed by atoms with Crippen LogP contribution < -0.4 is 15.4 Å². The molecule has 104 valence electrons. The molecule has 2 N–H and O–H groups in total. The van der Waals surface area contributed by atoms with Crippen molar-refractivity contribution in [1.29, 1.82) is 0 Å². The third-order valence-electron chi connectivity index (χ3n) is 2.62. The Kier molecular flexibility index (Phi) is 6.43. The van der Waals surface area contributed by atoms with Gasteiger partial charge in [-0.25, -0.2) is 0 Å². The minimum Gasteiger partial charge on any atom is -0.497 e. The van der Waals surface area contributed by atoms with Gasteiger partial charge in [0.1, 0.15) is 5.75 Å². The number of likely N-dealkylation sites (N-methyl/N-ethyl adjacent to an activating group) is 1. The van der Waals surface area contributed by atoms with E-state index in [1.165, 1.54) is 0 Å².